The van der Waals surface area contributed by atoms with Crippen LogP contribution in [-0.4, -0.2) is 12.7 Å². The molecule has 1 aliphatic heterocycles. The SMILES string of the molecule is C=C.CCC1CCCO1. The van der Waals surface area contributed by atoms with Crippen LogP contribution in [0.2, 0.25) is 0 Å². The van der Waals surface area contributed by atoms with Crippen LogP contribution in [0.1, 0.15) is 26.2 Å². The molecule has 1 nitrogen and oxygen atoms in total. The first-order valence-electron chi connectivity index (χ1n) is 3.55. The molecule has 1 aliphatic rings. The van der Waals surface area contributed by atoms with E-state index in [2.05, 4.69) is 20.1 Å². The average molecular weight is 128 g/mol. The summed E-state index contributed by atoms with van der Waals surface area (Å²) in [7, 11) is 0. The number of hydrogen-bond donors (Lipinski definition) is 0. The van der Waals surface area contributed by atoms with Gasteiger partial charge in [-0.1, -0.05) is 6.92 Å². The molecule has 0 radical (unpaired) electrons. The largest absolute Gasteiger partial charge is 0.378 e. The number of rotatable bonds is 1. The zero-order valence-electron chi connectivity index (χ0n) is 6.23. The molecule has 1 heterocycles. The second-order valence-corrected chi connectivity index (χ2v) is 2.04. The van der Waals surface area contributed by atoms with E-state index in [1.54, 1.807) is 0 Å². The lowest BCUT2D eigenvalue weighted by atomic mass is 10.2. The highest BCUT2D eigenvalue weighted by molar-refractivity contribution is 4.60. The van der Waals surface area contributed by atoms with E-state index >= 15 is 0 Å². The standard InChI is InChI=1S/C6H12O.C2H4/c1-2-6-4-3-5-7-6;1-2/h6H,2-5H2,1H3;1-2H2. The van der Waals surface area contributed by atoms with Gasteiger partial charge in [-0.3, -0.25) is 0 Å². The molecule has 1 heteroatoms. The van der Waals surface area contributed by atoms with Gasteiger partial charge in [0.2, 0.25) is 0 Å². The minimum atomic E-state index is 0.597. The second kappa shape index (κ2) is 5.83. The Morgan fingerprint density at radius 1 is 1.56 bits per heavy atom. The molecule has 0 saturated carbocycles. The van der Waals surface area contributed by atoms with Gasteiger partial charge >= 0.3 is 0 Å². The Morgan fingerprint density at radius 2 is 2.22 bits per heavy atom. The summed E-state index contributed by atoms with van der Waals surface area (Å²) in [5.41, 5.74) is 0. The van der Waals surface area contributed by atoms with E-state index in [4.69, 9.17) is 4.74 Å². The fourth-order valence-electron chi connectivity index (χ4n) is 0.966. The first kappa shape index (κ1) is 8.70. The van der Waals surface area contributed by atoms with E-state index in [-0.39, 0.29) is 0 Å². The van der Waals surface area contributed by atoms with Crippen molar-refractivity contribution in [1.29, 1.82) is 0 Å². The van der Waals surface area contributed by atoms with E-state index in [9.17, 15) is 0 Å². The highest BCUT2D eigenvalue weighted by Gasteiger charge is 2.11. The normalized spacial score (nSPS) is 24.8. The van der Waals surface area contributed by atoms with Crippen molar-refractivity contribution in [2.45, 2.75) is 32.3 Å². The van der Waals surface area contributed by atoms with Gasteiger partial charge in [0.05, 0.1) is 6.10 Å². The molecule has 1 fully saturated rings. The molecule has 0 amide bonds. The minimum absolute atomic E-state index is 0.597. The van der Waals surface area contributed by atoms with Gasteiger partial charge in [-0.2, -0.15) is 0 Å². The summed E-state index contributed by atoms with van der Waals surface area (Å²) >= 11 is 0. The Bertz CT molecular complexity index is 55.6. The van der Waals surface area contributed by atoms with Crippen LogP contribution in [0, 0.1) is 0 Å². The molecule has 0 aromatic carbocycles. The molecular formula is C8H16O. The van der Waals surface area contributed by atoms with Crippen LogP contribution in [-0.2, 0) is 4.74 Å². The molecule has 0 spiro atoms. The molecule has 0 N–H and O–H groups in total. The molecule has 0 bridgehead atoms. The van der Waals surface area contributed by atoms with Crippen LogP contribution in [0.4, 0.5) is 0 Å². The van der Waals surface area contributed by atoms with E-state index in [1.165, 1.54) is 19.3 Å². The number of hydrogen-bond acceptors (Lipinski definition) is 1. The van der Waals surface area contributed by atoms with Crippen molar-refractivity contribution >= 4 is 0 Å². The second-order valence-electron chi connectivity index (χ2n) is 2.04. The lowest BCUT2D eigenvalue weighted by Crippen LogP contribution is -2.00. The topological polar surface area (TPSA) is 9.23 Å². The summed E-state index contributed by atoms with van der Waals surface area (Å²) in [4.78, 5) is 0. The molecule has 0 aromatic heterocycles. The average Bonchev–Trinajstić information content (AvgIpc) is 2.43. The first-order valence-corrected chi connectivity index (χ1v) is 3.55. The quantitative estimate of drug-likeness (QED) is 0.493. The zero-order valence-corrected chi connectivity index (χ0v) is 6.23. The summed E-state index contributed by atoms with van der Waals surface area (Å²) < 4.78 is 5.30. The predicted octanol–water partition coefficient (Wildman–Crippen LogP) is 2.38. The lowest BCUT2D eigenvalue weighted by Gasteiger charge is -2.01. The Balaban J connectivity index is 0.000000291. The Hall–Kier alpha value is -0.300. The molecule has 1 saturated heterocycles. The van der Waals surface area contributed by atoms with Crippen LogP contribution in [0.25, 0.3) is 0 Å². The molecule has 0 aliphatic carbocycles. The summed E-state index contributed by atoms with van der Waals surface area (Å²) in [5.74, 6) is 0. The van der Waals surface area contributed by atoms with Gasteiger partial charge in [0.1, 0.15) is 0 Å². The molecule has 1 rings (SSSR count). The third-order valence-electron chi connectivity index (χ3n) is 1.48. The van der Waals surface area contributed by atoms with E-state index in [0.29, 0.717) is 6.10 Å². The third kappa shape index (κ3) is 3.31. The van der Waals surface area contributed by atoms with Crippen LogP contribution < -0.4 is 0 Å². The van der Waals surface area contributed by atoms with Crippen molar-refractivity contribution in [3.8, 4) is 0 Å². The zero-order chi connectivity index (χ0) is 7.11. The van der Waals surface area contributed by atoms with Gasteiger partial charge in [-0.05, 0) is 19.3 Å². The van der Waals surface area contributed by atoms with Crippen molar-refractivity contribution in [3.05, 3.63) is 13.2 Å². The van der Waals surface area contributed by atoms with Gasteiger partial charge in [-0.15, -0.1) is 13.2 Å². The van der Waals surface area contributed by atoms with Crippen molar-refractivity contribution in [1.82, 2.24) is 0 Å². The Kier molecular flexibility index (Phi) is 5.64. The summed E-state index contributed by atoms with van der Waals surface area (Å²) in [6.45, 7) is 9.18. The van der Waals surface area contributed by atoms with Gasteiger partial charge in [0.25, 0.3) is 0 Å². The van der Waals surface area contributed by atoms with Crippen molar-refractivity contribution in [2.24, 2.45) is 0 Å². The maximum absolute atomic E-state index is 5.30. The summed E-state index contributed by atoms with van der Waals surface area (Å²) in [6.07, 6.45) is 4.36. The lowest BCUT2D eigenvalue weighted by molar-refractivity contribution is 0.108. The maximum Gasteiger partial charge on any atom is 0.0573 e. The predicted molar refractivity (Wildman–Crippen MR) is 40.5 cm³/mol. The maximum atomic E-state index is 5.30. The van der Waals surface area contributed by atoms with Crippen molar-refractivity contribution < 1.29 is 4.74 Å². The van der Waals surface area contributed by atoms with Gasteiger partial charge in [-0.25, -0.2) is 0 Å². The van der Waals surface area contributed by atoms with Crippen LogP contribution in [0.5, 0.6) is 0 Å². The Morgan fingerprint density at radius 3 is 2.44 bits per heavy atom. The smallest absolute Gasteiger partial charge is 0.0573 e. The fourth-order valence-corrected chi connectivity index (χ4v) is 0.966. The van der Waals surface area contributed by atoms with Crippen LogP contribution in [0.3, 0.4) is 0 Å². The summed E-state index contributed by atoms with van der Waals surface area (Å²) in [5, 5.41) is 0. The van der Waals surface area contributed by atoms with E-state index in [1.807, 2.05) is 0 Å². The molecular weight excluding hydrogens is 112 g/mol. The third-order valence-corrected chi connectivity index (χ3v) is 1.48. The van der Waals surface area contributed by atoms with Crippen molar-refractivity contribution in [2.75, 3.05) is 6.61 Å². The molecule has 1 unspecified atom stereocenters. The Labute approximate surface area is 57.7 Å². The minimum Gasteiger partial charge on any atom is -0.378 e. The fraction of sp³-hybridized carbons (Fsp3) is 0.750. The van der Waals surface area contributed by atoms with Gasteiger partial charge in [0, 0.05) is 6.61 Å². The van der Waals surface area contributed by atoms with Crippen LogP contribution >= 0.6 is 0 Å². The highest BCUT2D eigenvalue weighted by atomic mass is 16.5. The number of ether oxygens (including phenoxy) is 1. The molecule has 1 atom stereocenters. The molecule has 9 heavy (non-hydrogen) atoms. The highest BCUT2D eigenvalue weighted by Crippen LogP contribution is 2.13. The molecule has 54 valence electrons. The van der Waals surface area contributed by atoms with Gasteiger partial charge < -0.3 is 4.74 Å². The summed E-state index contributed by atoms with van der Waals surface area (Å²) in [6, 6.07) is 0. The van der Waals surface area contributed by atoms with Crippen LogP contribution in [0.15, 0.2) is 13.2 Å². The first-order chi connectivity index (χ1) is 4.43. The van der Waals surface area contributed by atoms with Gasteiger partial charge in [0.15, 0.2) is 0 Å². The van der Waals surface area contributed by atoms with E-state index < -0.39 is 0 Å². The monoisotopic (exact) mass is 128 g/mol. The van der Waals surface area contributed by atoms with E-state index in [0.717, 1.165) is 6.61 Å². The molecule has 0 aromatic rings. The van der Waals surface area contributed by atoms with Crippen molar-refractivity contribution in [3.63, 3.8) is 0 Å².